The summed E-state index contributed by atoms with van der Waals surface area (Å²) in [5.41, 5.74) is -1.11. The molecule has 0 spiro atoms. The van der Waals surface area contributed by atoms with E-state index in [1.165, 1.54) is 13.8 Å². The SMILES string of the molecule is CC1OC(=O)C(C)C1(O)C(=O)OCC1=CCN2CCC(O)C12. The van der Waals surface area contributed by atoms with E-state index in [9.17, 15) is 19.8 Å². The summed E-state index contributed by atoms with van der Waals surface area (Å²) in [6.45, 7) is 4.48. The summed E-state index contributed by atoms with van der Waals surface area (Å²) >= 11 is 0. The van der Waals surface area contributed by atoms with Crippen molar-refractivity contribution in [2.24, 2.45) is 5.92 Å². The Labute approximate surface area is 128 Å². The van der Waals surface area contributed by atoms with Crippen molar-refractivity contribution in [3.05, 3.63) is 11.6 Å². The van der Waals surface area contributed by atoms with Crippen molar-refractivity contribution >= 4 is 11.9 Å². The van der Waals surface area contributed by atoms with E-state index in [0.29, 0.717) is 6.42 Å². The van der Waals surface area contributed by atoms with Crippen LogP contribution in [0.15, 0.2) is 11.6 Å². The van der Waals surface area contributed by atoms with E-state index >= 15 is 0 Å². The highest BCUT2D eigenvalue weighted by Crippen LogP contribution is 2.34. The Balaban J connectivity index is 1.65. The third kappa shape index (κ3) is 2.15. The van der Waals surface area contributed by atoms with Gasteiger partial charge < -0.3 is 19.7 Å². The highest BCUT2D eigenvalue weighted by Gasteiger charge is 2.58. The van der Waals surface area contributed by atoms with Crippen LogP contribution in [0.25, 0.3) is 0 Å². The predicted molar refractivity (Wildman–Crippen MR) is 74.7 cm³/mol. The van der Waals surface area contributed by atoms with Gasteiger partial charge in [0.15, 0.2) is 0 Å². The van der Waals surface area contributed by atoms with Crippen molar-refractivity contribution in [3.8, 4) is 0 Å². The number of carbonyl (C=O) groups excluding carboxylic acids is 2. The summed E-state index contributed by atoms with van der Waals surface area (Å²) in [5.74, 6) is -2.42. The number of fused-ring (bicyclic) bond motifs is 1. The second kappa shape index (κ2) is 5.33. The van der Waals surface area contributed by atoms with Crippen LogP contribution in [-0.4, -0.2) is 70.6 Å². The van der Waals surface area contributed by atoms with Gasteiger partial charge in [0.1, 0.15) is 12.7 Å². The van der Waals surface area contributed by atoms with Crippen molar-refractivity contribution in [2.75, 3.05) is 19.7 Å². The molecule has 0 aliphatic carbocycles. The molecule has 0 amide bonds. The van der Waals surface area contributed by atoms with Crippen LogP contribution in [0.1, 0.15) is 20.3 Å². The second-order valence-corrected chi connectivity index (χ2v) is 6.28. The molecule has 2 N–H and O–H groups in total. The summed E-state index contributed by atoms with van der Waals surface area (Å²) in [4.78, 5) is 25.9. The molecular weight excluding hydrogens is 290 g/mol. The third-order valence-corrected chi connectivity index (χ3v) is 5.06. The van der Waals surface area contributed by atoms with Crippen molar-refractivity contribution in [2.45, 2.75) is 44.1 Å². The molecule has 3 aliphatic heterocycles. The van der Waals surface area contributed by atoms with Crippen LogP contribution in [-0.2, 0) is 19.1 Å². The molecule has 122 valence electrons. The maximum absolute atomic E-state index is 12.3. The number of hydrogen-bond donors (Lipinski definition) is 2. The Morgan fingerprint density at radius 1 is 1.55 bits per heavy atom. The molecule has 3 heterocycles. The number of nitrogens with zero attached hydrogens (tertiary/aromatic N) is 1. The molecule has 0 radical (unpaired) electrons. The van der Waals surface area contributed by atoms with Gasteiger partial charge in [-0.3, -0.25) is 9.69 Å². The van der Waals surface area contributed by atoms with Gasteiger partial charge in [-0.25, -0.2) is 4.79 Å². The fourth-order valence-electron chi connectivity index (χ4n) is 3.53. The first-order valence-corrected chi connectivity index (χ1v) is 7.56. The monoisotopic (exact) mass is 311 g/mol. The lowest BCUT2D eigenvalue weighted by Crippen LogP contribution is -2.50. The van der Waals surface area contributed by atoms with E-state index < -0.39 is 35.7 Å². The van der Waals surface area contributed by atoms with Gasteiger partial charge in [-0.1, -0.05) is 6.08 Å². The van der Waals surface area contributed by atoms with E-state index in [0.717, 1.165) is 18.7 Å². The van der Waals surface area contributed by atoms with Crippen LogP contribution in [0, 0.1) is 5.92 Å². The fourth-order valence-corrected chi connectivity index (χ4v) is 3.53. The Bertz CT molecular complexity index is 532. The lowest BCUT2D eigenvalue weighted by Gasteiger charge is -2.26. The van der Waals surface area contributed by atoms with Crippen molar-refractivity contribution in [3.63, 3.8) is 0 Å². The van der Waals surface area contributed by atoms with Gasteiger partial charge >= 0.3 is 11.9 Å². The smallest absolute Gasteiger partial charge is 0.343 e. The molecule has 5 unspecified atom stereocenters. The van der Waals surface area contributed by atoms with Crippen LogP contribution >= 0.6 is 0 Å². The Hall–Kier alpha value is -1.44. The van der Waals surface area contributed by atoms with Gasteiger partial charge in [-0.05, 0) is 25.8 Å². The van der Waals surface area contributed by atoms with Gasteiger partial charge in [-0.15, -0.1) is 0 Å². The van der Waals surface area contributed by atoms with E-state index in [1.807, 2.05) is 6.08 Å². The summed E-state index contributed by atoms with van der Waals surface area (Å²) in [7, 11) is 0. The third-order valence-electron chi connectivity index (χ3n) is 5.06. The molecular formula is C15H21NO6. The summed E-state index contributed by atoms with van der Waals surface area (Å²) in [6, 6.07) is -0.112. The van der Waals surface area contributed by atoms with Crippen LogP contribution in [0.4, 0.5) is 0 Å². The molecule has 2 saturated heterocycles. The molecule has 7 heteroatoms. The van der Waals surface area contributed by atoms with Gasteiger partial charge in [0.2, 0.25) is 5.60 Å². The number of carbonyl (C=O) groups is 2. The Kier molecular flexibility index (Phi) is 3.74. The second-order valence-electron chi connectivity index (χ2n) is 6.28. The first-order chi connectivity index (χ1) is 10.4. The minimum atomic E-state index is -1.95. The number of esters is 2. The van der Waals surface area contributed by atoms with Crippen LogP contribution in [0.3, 0.4) is 0 Å². The Morgan fingerprint density at radius 3 is 2.91 bits per heavy atom. The number of cyclic esters (lactones) is 1. The normalized spacial score (nSPS) is 41.3. The zero-order chi connectivity index (χ0) is 16.1. The van der Waals surface area contributed by atoms with Gasteiger partial charge in [0.05, 0.1) is 18.1 Å². The molecule has 22 heavy (non-hydrogen) atoms. The molecule has 5 atom stereocenters. The minimum absolute atomic E-state index is 0.00694. The maximum atomic E-state index is 12.3. The van der Waals surface area contributed by atoms with Crippen molar-refractivity contribution in [1.82, 2.24) is 4.90 Å². The topological polar surface area (TPSA) is 96.3 Å². The van der Waals surface area contributed by atoms with E-state index in [1.54, 1.807) is 0 Å². The van der Waals surface area contributed by atoms with Crippen LogP contribution < -0.4 is 0 Å². The van der Waals surface area contributed by atoms with E-state index in [4.69, 9.17) is 9.47 Å². The molecule has 0 aromatic heterocycles. The molecule has 0 saturated carbocycles. The van der Waals surface area contributed by atoms with Crippen LogP contribution in [0.2, 0.25) is 0 Å². The minimum Gasteiger partial charge on any atom is -0.459 e. The fraction of sp³-hybridized carbons (Fsp3) is 0.733. The maximum Gasteiger partial charge on any atom is 0.343 e. The lowest BCUT2D eigenvalue weighted by atomic mass is 9.87. The standard InChI is InChI=1S/C15H21NO6/c1-8-13(18)22-9(2)15(8,20)14(19)21-7-10-3-5-16-6-4-11(17)12(10)16/h3,8-9,11-12,17,20H,4-7H2,1-2H3. The summed E-state index contributed by atoms with van der Waals surface area (Å²) in [5, 5.41) is 20.5. The molecule has 0 aromatic carbocycles. The summed E-state index contributed by atoms with van der Waals surface area (Å²) in [6.07, 6.45) is 1.25. The van der Waals surface area contributed by atoms with E-state index in [-0.39, 0.29) is 12.6 Å². The van der Waals surface area contributed by atoms with Gasteiger partial charge in [0.25, 0.3) is 0 Å². The number of aliphatic hydroxyl groups excluding tert-OH is 1. The zero-order valence-corrected chi connectivity index (χ0v) is 12.7. The average Bonchev–Trinajstić information content (AvgIpc) is 3.10. The molecule has 7 nitrogen and oxygen atoms in total. The van der Waals surface area contributed by atoms with Crippen molar-refractivity contribution < 1.29 is 29.3 Å². The average molecular weight is 311 g/mol. The molecule has 3 aliphatic rings. The Morgan fingerprint density at radius 2 is 2.27 bits per heavy atom. The van der Waals surface area contributed by atoms with Gasteiger partial charge in [-0.2, -0.15) is 0 Å². The molecule has 0 bridgehead atoms. The number of rotatable bonds is 3. The number of hydrogen-bond acceptors (Lipinski definition) is 7. The lowest BCUT2D eigenvalue weighted by molar-refractivity contribution is -0.172. The quantitative estimate of drug-likeness (QED) is 0.521. The molecule has 3 rings (SSSR count). The number of ether oxygens (including phenoxy) is 2. The highest BCUT2D eigenvalue weighted by molar-refractivity contribution is 5.91. The summed E-state index contributed by atoms with van der Waals surface area (Å²) < 4.78 is 10.1. The molecule has 0 aromatic rings. The largest absolute Gasteiger partial charge is 0.459 e. The first-order valence-electron chi connectivity index (χ1n) is 7.56. The highest BCUT2D eigenvalue weighted by atomic mass is 16.6. The van der Waals surface area contributed by atoms with Crippen molar-refractivity contribution in [1.29, 1.82) is 0 Å². The van der Waals surface area contributed by atoms with Crippen LogP contribution in [0.5, 0.6) is 0 Å². The predicted octanol–water partition coefficient (Wildman–Crippen LogP) is -0.783. The number of aliphatic hydroxyl groups is 2. The molecule has 2 fully saturated rings. The zero-order valence-electron chi connectivity index (χ0n) is 12.7. The van der Waals surface area contributed by atoms with Gasteiger partial charge in [0, 0.05) is 13.1 Å². The van der Waals surface area contributed by atoms with E-state index in [2.05, 4.69) is 4.90 Å². The first kappa shape index (κ1) is 15.5.